The first-order chi connectivity index (χ1) is 9.23. The Bertz CT molecular complexity index is 454. The Hall–Kier alpha value is -1.00. The van der Waals surface area contributed by atoms with Gasteiger partial charge in [-0.3, -0.25) is 4.99 Å². The molecule has 0 bridgehead atoms. The second-order valence-corrected chi connectivity index (χ2v) is 6.59. The van der Waals surface area contributed by atoms with Gasteiger partial charge in [0.25, 0.3) is 0 Å². The van der Waals surface area contributed by atoms with Gasteiger partial charge < -0.3 is 10.1 Å². The summed E-state index contributed by atoms with van der Waals surface area (Å²) >= 11 is 1.84. The highest BCUT2D eigenvalue weighted by Crippen LogP contribution is 2.24. The minimum Gasteiger partial charge on any atom is -0.379 e. The normalized spacial score (nSPS) is 30.4. The Labute approximate surface area is 118 Å². The molecule has 2 heterocycles. The summed E-state index contributed by atoms with van der Waals surface area (Å²) in [6.07, 6.45) is 2.10. The van der Waals surface area contributed by atoms with Gasteiger partial charge in [-0.05, 0) is 25.3 Å². The van der Waals surface area contributed by atoms with Crippen molar-refractivity contribution in [1.29, 1.82) is 0 Å². The van der Waals surface area contributed by atoms with Crippen molar-refractivity contribution in [2.24, 2.45) is 4.99 Å². The monoisotopic (exact) mass is 276 g/mol. The van der Waals surface area contributed by atoms with E-state index in [0.717, 1.165) is 37.0 Å². The van der Waals surface area contributed by atoms with E-state index in [0.29, 0.717) is 6.04 Å². The lowest BCUT2D eigenvalue weighted by atomic mass is 10.0. The van der Waals surface area contributed by atoms with Gasteiger partial charge in [0.05, 0.1) is 18.2 Å². The Morgan fingerprint density at radius 2 is 2.26 bits per heavy atom. The van der Waals surface area contributed by atoms with E-state index < -0.39 is 0 Å². The molecular formula is C15H20N2OS. The van der Waals surface area contributed by atoms with E-state index >= 15 is 0 Å². The van der Waals surface area contributed by atoms with Crippen LogP contribution >= 0.6 is 11.8 Å². The highest BCUT2D eigenvalue weighted by molar-refractivity contribution is 8.14. The van der Waals surface area contributed by atoms with Crippen molar-refractivity contribution in [3.05, 3.63) is 35.9 Å². The van der Waals surface area contributed by atoms with Crippen LogP contribution in [0.15, 0.2) is 35.3 Å². The predicted octanol–water partition coefficient (Wildman–Crippen LogP) is 2.47. The van der Waals surface area contributed by atoms with Crippen LogP contribution in [0.3, 0.4) is 0 Å². The Morgan fingerprint density at radius 1 is 1.42 bits per heavy atom. The zero-order chi connectivity index (χ0) is 13.1. The van der Waals surface area contributed by atoms with E-state index in [1.807, 2.05) is 11.8 Å². The smallest absolute Gasteiger partial charge is 0.157 e. The van der Waals surface area contributed by atoms with Crippen LogP contribution in [-0.4, -0.2) is 35.7 Å². The van der Waals surface area contributed by atoms with Crippen molar-refractivity contribution in [2.45, 2.75) is 31.3 Å². The lowest BCUT2D eigenvalue weighted by molar-refractivity contribution is 0.177. The van der Waals surface area contributed by atoms with E-state index in [1.165, 1.54) is 5.56 Å². The van der Waals surface area contributed by atoms with Crippen LogP contribution < -0.4 is 5.32 Å². The second-order valence-electron chi connectivity index (χ2n) is 5.58. The second kappa shape index (κ2) is 5.55. The molecule has 2 aliphatic heterocycles. The number of ether oxygens (including phenoxy) is 1. The number of thioether (sulfide) groups is 1. The molecule has 1 fully saturated rings. The number of hydrogen-bond donors (Lipinski definition) is 1. The molecule has 0 amide bonds. The molecule has 3 rings (SSSR count). The van der Waals surface area contributed by atoms with Crippen molar-refractivity contribution in [2.75, 3.05) is 19.0 Å². The molecule has 0 spiro atoms. The molecule has 1 N–H and O–H groups in total. The summed E-state index contributed by atoms with van der Waals surface area (Å²) in [6, 6.07) is 11.0. The van der Waals surface area contributed by atoms with Crippen LogP contribution in [0, 0.1) is 0 Å². The van der Waals surface area contributed by atoms with E-state index in [9.17, 15) is 0 Å². The summed E-state index contributed by atoms with van der Waals surface area (Å²) in [6.45, 7) is 3.86. The van der Waals surface area contributed by atoms with Gasteiger partial charge in [-0.15, -0.1) is 0 Å². The molecular weight excluding hydrogens is 256 g/mol. The molecule has 2 atom stereocenters. The first-order valence-corrected chi connectivity index (χ1v) is 7.83. The molecule has 19 heavy (non-hydrogen) atoms. The maximum absolute atomic E-state index is 5.47. The SMILES string of the molecule is CC1(NC2=NC(Cc3ccccc3)CS2)CCOC1. The van der Waals surface area contributed by atoms with Crippen LogP contribution in [0.5, 0.6) is 0 Å². The molecule has 1 saturated heterocycles. The number of rotatable bonds is 3. The Kier molecular flexibility index (Phi) is 3.80. The standard InChI is InChI=1S/C15H20N2OS/c1-15(7-8-18-11-15)17-14-16-13(10-19-14)9-12-5-3-2-4-6-12/h2-6,13H,7-11H2,1H3,(H,16,17). The van der Waals surface area contributed by atoms with Gasteiger partial charge in [-0.2, -0.15) is 0 Å². The van der Waals surface area contributed by atoms with Gasteiger partial charge in [0.15, 0.2) is 5.17 Å². The molecule has 0 radical (unpaired) electrons. The Balaban J connectivity index is 1.58. The first-order valence-electron chi connectivity index (χ1n) is 6.84. The third-order valence-electron chi connectivity index (χ3n) is 3.65. The van der Waals surface area contributed by atoms with Crippen LogP contribution in [-0.2, 0) is 11.2 Å². The topological polar surface area (TPSA) is 33.6 Å². The number of nitrogens with one attached hydrogen (secondary N) is 1. The van der Waals surface area contributed by atoms with Crippen molar-refractivity contribution in [3.63, 3.8) is 0 Å². The van der Waals surface area contributed by atoms with Crippen LogP contribution in [0.4, 0.5) is 0 Å². The molecule has 0 saturated carbocycles. The highest BCUT2D eigenvalue weighted by atomic mass is 32.2. The zero-order valence-electron chi connectivity index (χ0n) is 11.3. The summed E-state index contributed by atoms with van der Waals surface area (Å²) in [5, 5.41) is 4.65. The maximum atomic E-state index is 5.47. The third-order valence-corrected chi connectivity index (χ3v) is 4.69. The molecule has 1 aromatic rings. The van der Waals surface area contributed by atoms with Gasteiger partial charge >= 0.3 is 0 Å². The number of benzene rings is 1. The third kappa shape index (κ3) is 3.31. The fourth-order valence-corrected chi connectivity index (χ4v) is 3.58. The van der Waals surface area contributed by atoms with Gasteiger partial charge in [0.1, 0.15) is 0 Å². The number of aliphatic imine (C=N–C) groups is 1. The first kappa shape index (κ1) is 13.0. The average molecular weight is 276 g/mol. The van der Waals surface area contributed by atoms with Crippen molar-refractivity contribution in [1.82, 2.24) is 5.32 Å². The van der Waals surface area contributed by atoms with E-state index in [4.69, 9.17) is 9.73 Å². The summed E-state index contributed by atoms with van der Waals surface area (Å²) in [7, 11) is 0. The number of amidine groups is 1. The van der Waals surface area contributed by atoms with Crippen molar-refractivity contribution >= 4 is 16.9 Å². The maximum Gasteiger partial charge on any atom is 0.157 e. The molecule has 1 aromatic carbocycles. The quantitative estimate of drug-likeness (QED) is 0.921. The summed E-state index contributed by atoms with van der Waals surface area (Å²) in [5.74, 6) is 1.08. The molecule has 102 valence electrons. The van der Waals surface area contributed by atoms with E-state index in [2.05, 4.69) is 42.6 Å². The molecule has 0 aliphatic carbocycles. The largest absolute Gasteiger partial charge is 0.379 e. The lowest BCUT2D eigenvalue weighted by Crippen LogP contribution is -2.45. The van der Waals surface area contributed by atoms with Crippen molar-refractivity contribution < 1.29 is 4.74 Å². The molecule has 2 unspecified atom stereocenters. The number of nitrogens with zero attached hydrogens (tertiary/aromatic N) is 1. The lowest BCUT2D eigenvalue weighted by Gasteiger charge is -2.24. The highest BCUT2D eigenvalue weighted by Gasteiger charge is 2.32. The molecule has 3 nitrogen and oxygen atoms in total. The average Bonchev–Trinajstić information content (AvgIpc) is 3.01. The zero-order valence-corrected chi connectivity index (χ0v) is 12.1. The molecule has 2 aliphatic rings. The van der Waals surface area contributed by atoms with Crippen LogP contribution in [0.2, 0.25) is 0 Å². The van der Waals surface area contributed by atoms with Crippen molar-refractivity contribution in [3.8, 4) is 0 Å². The summed E-state index contributed by atoms with van der Waals surface area (Å²) in [4.78, 5) is 4.80. The van der Waals surface area contributed by atoms with Crippen LogP contribution in [0.25, 0.3) is 0 Å². The summed E-state index contributed by atoms with van der Waals surface area (Å²) < 4.78 is 5.47. The number of hydrogen-bond acceptors (Lipinski definition) is 4. The fourth-order valence-electron chi connectivity index (χ4n) is 2.50. The fraction of sp³-hybridized carbons (Fsp3) is 0.533. The molecule has 4 heteroatoms. The Morgan fingerprint density at radius 3 is 3.00 bits per heavy atom. The minimum atomic E-state index is 0.0769. The summed E-state index contributed by atoms with van der Waals surface area (Å²) in [5.41, 5.74) is 1.45. The van der Waals surface area contributed by atoms with Gasteiger partial charge in [-0.1, -0.05) is 42.1 Å². The predicted molar refractivity (Wildman–Crippen MR) is 80.8 cm³/mol. The van der Waals surface area contributed by atoms with Gasteiger partial charge in [0, 0.05) is 12.4 Å². The van der Waals surface area contributed by atoms with Gasteiger partial charge in [-0.25, -0.2) is 0 Å². The van der Waals surface area contributed by atoms with E-state index in [1.54, 1.807) is 0 Å². The van der Waals surface area contributed by atoms with Crippen LogP contribution in [0.1, 0.15) is 18.9 Å². The van der Waals surface area contributed by atoms with Gasteiger partial charge in [0.2, 0.25) is 0 Å². The minimum absolute atomic E-state index is 0.0769. The molecule has 0 aromatic heterocycles. The van der Waals surface area contributed by atoms with E-state index in [-0.39, 0.29) is 5.54 Å².